The van der Waals surface area contributed by atoms with Crippen molar-refractivity contribution in [3.05, 3.63) is 0 Å². The number of rotatable bonds is 3. The van der Waals surface area contributed by atoms with E-state index in [4.69, 9.17) is 4.74 Å². The van der Waals surface area contributed by atoms with E-state index in [1.165, 1.54) is 0 Å². The Hall–Kier alpha value is 0.170. The minimum Gasteiger partial charge on any atom is -0.450 e. The molecule has 1 unspecified atom stereocenters. The van der Waals surface area contributed by atoms with E-state index in [0.29, 0.717) is 5.41 Å². The van der Waals surface area contributed by atoms with Gasteiger partial charge in [0.25, 0.3) is 0 Å². The van der Waals surface area contributed by atoms with Gasteiger partial charge >= 0.3 is 5.97 Å². The minimum atomic E-state index is -0.354. The summed E-state index contributed by atoms with van der Waals surface area (Å²) in [7, 11) is 0. The third-order valence-electron chi connectivity index (χ3n) is 3.08. The maximum atomic E-state index is 12.0. The van der Waals surface area contributed by atoms with Gasteiger partial charge in [0.2, 0.25) is 0 Å². The molecule has 1 saturated heterocycles. The summed E-state index contributed by atoms with van der Waals surface area (Å²) < 4.78 is 5.62. The minimum absolute atomic E-state index is 0.0279. The quantitative estimate of drug-likeness (QED) is 0.733. The Morgan fingerprint density at radius 1 is 1.41 bits per heavy atom. The van der Waals surface area contributed by atoms with Gasteiger partial charge in [0.05, 0.1) is 5.41 Å². The predicted octanol–water partition coefficient (Wildman–Crippen LogP) is 3.80. The van der Waals surface area contributed by atoms with Crippen molar-refractivity contribution in [3.8, 4) is 0 Å². The van der Waals surface area contributed by atoms with Crippen molar-refractivity contribution in [1.82, 2.24) is 0 Å². The number of carbonyl (C=O) groups excluding carboxylic acids is 1. The largest absolute Gasteiger partial charge is 0.450 e. The monoisotopic (exact) mass is 276 g/mol. The van der Waals surface area contributed by atoms with Crippen LogP contribution in [0.5, 0.6) is 0 Å². The lowest BCUT2D eigenvalue weighted by Crippen LogP contribution is -2.30. The highest BCUT2D eigenvalue weighted by Crippen LogP contribution is 2.35. The SMILES string of the molecule is CCC(C)(C)C(=O)OC1CSCC(C)(C)CS1. The van der Waals surface area contributed by atoms with Gasteiger partial charge in [0.15, 0.2) is 5.44 Å². The Morgan fingerprint density at radius 3 is 2.65 bits per heavy atom. The zero-order chi connectivity index (χ0) is 13.1. The van der Waals surface area contributed by atoms with Crippen LogP contribution in [0.15, 0.2) is 0 Å². The molecule has 0 N–H and O–H groups in total. The van der Waals surface area contributed by atoms with E-state index in [1.54, 1.807) is 11.8 Å². The lowest BCUT2D eigenvalue weighted by molar-refractivity contribution is -0.154. The Kier molecular flexibility index (Phi) is 5.26. The first-order chi connectivity index (χ1) is 7.77. The van der Waals surface area contributed by atoms with Gasteiger partial charge in [0.1, 0.15) is 0 Å². The molecule has 1 aliphatic rings. The van der Waals surface area contributed by atoms with Crippen LogP contribution in [0.1, 0.15) is 41.0 Å². The maximum Gasteiger partial charge on any atom is 0.312 e. The van der Waals surface area contributed by atoms with Gasteiger partial charge < -0.3 is 4.74 Å². The third-order valence-corrected chi connectivity index (χ3v) is 6.40. The normalized spacial score (nSPS) is 25.1. The van der Waals surface area contributed by atoms with Crippen LogP contribution in [0, 0.1) is 10.8 Å². The lowest BCUT2D eigenvalue weighted by atomic mass is 9.91. The van der Waals surface area contributed by atoms with Gasteiger partial charge in [-0.25, -0.2) is 0 Å². The molecule has 2 nitrogen and oxygen atoms in total. The molecular formula is C13H24O2S2. The van der Waals surface area contributed by atoms with Crippen LogP contribution in [-0.2, 0) is 9.53 Å². The molecule has 0 aromatic carbocycles. The molecule has 1 fully saturated rings. The molecule has 1 atom stereocenters. The average Bonchev–Trinajstić information content (AvgIpc) is 2.40. The van der Waals surface area contributed by atoms with Gasteiger partial charge in [-0.3, -0.25) is 4.79 Å². The first-order valence-corrected chi connectivity index (χ1v) is 8.38. The summed E-state index contributed by atoms with van der Waals surface area (Å²) in [6.45, 7) is 10.5. The molecule has 0 spiro atoms. The van der Waals surface area contributed by atoms with Crippen LogP contribution in [-0.4, -0.2) is 28.7 Å². The second-order valence-electron chi connectivity index (χ2n) is 6.06. The van der Waals surface area contributed by atoms with Crippen LogP contribution in [0.2, 0.25) is 0 Å². The fraction of sp³-hybridized carbons (Fsp3) is 0.923. The highest BCUT2D eigenvalue weighted by atomic mass is 32.2. The summed E-state index contributed by atoms with van der Waals surface area (Å²) in [6.07, 6.45) is 0.821. The van der Waals surface area contributed by atoms with Crippen molar-refractivity contribution in [3.63, 3.8) is 0 Å². The molecule has 0 aromatic rings. The molecule has 0 amide bonds. The van der Waals surface area contributed by atoms with Crippen LogP contribution in [0.25, 0.3) is 0 Å². The van der Waals surface area contributed by atoms with Crippen LogP contribution in [0.3, 0.4) is 0 Å². The van der Waals surface area contributed by atoms with E-state index in [0.717, 1.165) is 23.7 Å². The summed E-state index contributed by atoms with van der Waals surface area (Å²) in [6, 6.07) is 0. The van der Waals surface area contributed by atoms with E-state index in [1.807, 2.05) is 32.5 Å². The molecule has 0 aromatic heterocycles. The number of thioether (sulfide) groups is 2. The van der Waals surface area contributed by atoms with E-state index in [2.05, 4.69) is 13.8 Å². The van der Waals surface area contributed by atoms with Gasteiger partial charge in [-0.05, 0) is 31.4 Å². The Labute approximate surface area is 114 Å². The predicted molar refractivity (Wildman–Crippen MR) is 77.5 cm³/mol. The van der Waals surface area contributed by atoms with Crippen molar-refractivity contribution >= 4 is 29.5 Å². The third kappa shape index (κ3) is 4.74. The van der Waals surface area contributed by atoms with E-state index < -0.39 is 0 Å². The van der Waals surface area contributed by atoms with Crippen LogP contribution < -0.4 is 0 Å². The van der Waals surface area contributed by atoms with Crippen molar-refractivity contribution in [2.45, 2.75) is 46.5 Å². The van der Waals surface area contributed by atoms with Gasteiger partial charge in [-0.2, -0.15) is 11.8 Å². The fourth-order valence-electron chi connectivity index (χ4n) is 1.33. The number of ether oxygens (including phenoxy) is 1. The second kappa shape index (κ2) is 5.87. The smallest absolute Gasteiger partial charge is 0.312 e. The molecule has 17 heavy (non-hydrogen) atoms. The van der Waals surface area contributed by atoms with Crippen molar-refractivity contribution in [2.75, 3.05) is 17.3 Å². The molecule has 0 saturated carbocycles. The number of hydrogen-bond acceptors (Lipinski definition) is 4. The Morgan fingerprint density at radius 2 is 2.06 bits per heavy atom. The van der Waals surface area contributed by atoms with Crippen molar-refractivity contribution < 1.29 is 9.53 Å². The number of carbonyl (C=O) groups is 1. The van der Waals surface area contributed by atoms with Crippen molar-refractivity contribution in [2.24, 2.45) is 10.8 Å². The Balaban J connectivity index is 2.50. The molecule has 4 heteroatoms. The Bertz CT molecular complexity index is 275. The highest BCUT2D eigenvalue weighted by Gasteiger charge is 2.32. The molecule has 1 aliphatic heterocycles. The number of hydrogen-bond donors (Lipinski definition) is 0. The fourth-order valence-corrected chi connectivity index (χ4v) is 4.06. The zero-order valence-electron chi connectivity index (χ0n) is 11.5. The number of esters is 1. The average molecular weight is 276 g/mol. The summed E-state index contributed by atoms with van der Waals surface area (Å²) in [5.41, 5.74) is 0.0178. The first kappa shape index (κ1) is 15.2. The van der Waals surface area contributed by atoms with E-state index in [-0.39, 0.29) is 16.8 Å². The molecule has 0 radical (unpaired) electrons. The zero-order valence-corrected chi connectivity index (χ0v) is 13.2. The van der Waals surface area contributed by atoms with Crippen LogP contribution >= 0.6 is 23.5 Å². The molecular weight excluding hydrogens is 252 g/mol. The van der Waals surface area contributed by atoms with Crippen molar-refractivity contribution in [1.29, 1.82) is 0 Å². The first-order valence-electron chi connectivity index (χ1n) is 6.17. The summed E-state index contributed by atoms with van der Waals surface area (Å²) in [5.74, 6) is 3.06. The topological polar surface area (TPSA) is 26.3 Å². The van der Waals surface area contributed by atoms with E-state index >= 15 is 0 Å². The second-order valence-corrected chi connectivity index (χ2v) is 8.24. The van der Waals surface area contributed by atoms with Gasteiger partial charge in [0, 0.05) is 11.5 Å². The molecule has 1 heterocycles. The molecule has 0 bridgehead atoms. The summed E-state index contributed by atoms with van der Waals surface area (Å²) >= 11 is 3.67. The molecule has 0 aliphatic carbocycles. The molecule has 100 valence electrons. The van der Waals surface area contributed by atoms with Gasteiger partial charge in [-0.15, -0.1) is 11.8 Å². The van der Waals surface area contributed by atoms with Gasteiger partial charge in [-0.1, -0.05) is 20.8 Å². The highest BCUT2D eigenvalue weighted by molar-refractivity contribution is 8.03. The standard InChI is InChI=1S/C13H24O2S2/c1-6-13(4,5)11(14)15-10-7-16-8-12(2,3)9-17-10/h10H,6-9H2,1-5H3. The molecule has 1 rings (SSSR count). The van der Waals surface area contributed by atoms with Crippen LogP contribution in [0.4, 0.5) is 0 Å². The maximum absolute atomic E-state index is 12.0. The summed E-state index contributed by atoms with van der Waals surface area (Å²) in [5, 5.41) is 0. The lowest BCUT2D eigenvalue weighted by Gasteiger charge is -2.24. The summed E-state index contributed by atoms with van der Waals surface area (Å²) in [4.78, 5) is 12.0. The van der Waals surface area contributed by atoms with E-state index in [9.17, 15) is 4.79 Å².